The molecule has 5 rings (SSSR count). The van der Waals surface area contributed by atoms with Gasteiger partial charge in [0.15, 0.2) is 0 Å². The van der Waals surface area contributed by atoms with E-state index < -0.39 is 0 Å². The second-order valence-electron chi connectivity index (χ2n) is 10.3. The number of likely N-dealkylation sites (tertiary alicyclic amines) is 2. The van der Waals surface area contributed by atoms with Crippen molar-refractivity contribution in [3.8, 4) is 5.75 Å². The van der Waals surface area contributed by atoms with E-state index in [4.69, 9.17) is 16.3 Å². The second-order valence-corrected chi connectivity index (χ2v) is 10.7. The van der Waals surface area contributed by atoms with Crippen LogP contribution in [-0.2, 0) is 6.54 Å². The lowest BCUT2D eigenvalue weighted by Crippen LogP contribution is -2.44. The zero-order valence-electron chi connectivity index (χ0n) is 21.8. The fourth-order valence-electron chi connectivity index (χ4n) is 5.21. The van der Waals surface area contributed by atoms with E-state index in [2.05, 4.69) is 34.5 Å². The summed E-state index contributed by atoms with van der Waals surface area (Å²) in [7, 11) is 0. The maximum Gasteiger partial charge on any atom is 0.253 e. The van der Waals surface area contributed by atoms with Gasteiger partial charge in [-0.3, -0.25) is 14.5 Å². The predicted octanol–water partition coefficient (Wildman–Crippen LogP) is 5.56. The number of carbonyl (C=O) groups is 2. The first-order chi connectivity index (χ1) is 18.9. The van der Waals surface area contributed by atoms with Crippen molar-refractivity contribution >= 4 is 23.4 Å². The normalized spacial score (nSPS) is 17.1. The topological polar surface area (TPSA) is 61.9 Å². The van der Waals surface area contributed by atoms with Gasteiger partial charge in [0.1, 0.15) is 17.7 Å². The number of ether oxygens (including phenoxy) is 1. The smallest absolute Gasteiger partial charge is 0.253 e. The van der Waals surface area contributed by atoms with Gasteiger partial charge in [0.05, 0.1) is 5.02 Å². The van der Waals surface area contributed by atoms with Crippen molar-refractivity contribution in [2.75, 3.05) is 26.2 Å². The van der Waals surface area contributed by atoms with Gasteiger partial charge in [0.25, 0.3) is 11.8 Å². The molecular weight excluding hydrogens is 517 g/mol. The quantitative estimate of drug-likeness (QED) is 0.419. The zero-order valence-corrected chi connectivity index (χ0v) is 22.6. The highest BCUT2D eigenvalue weighted by atomic mass is 35.5. The predicted molar refractivity (Wildman–Crippen MR) is 150 cm³/mol. The summed E-state index contributed by atoms with van der Waals surface area (Å²) < 4.78 is 19.3. The number of hydrogen-bond donors (Lipinski definition) is 1. The summed E-state index contributed by atoms with van der Waals surface area (Å²) in [6, 6.07) is 21.3. The van der Waals surface area contributed by atoms with Crippen LogP contribution in [0.3, 0.4) is 0 Å². The first kappa shape index (κ1) is 27.2. The molecule has 3 aromatic rings. The molecular formula is C31H33ClFN3O3. The molecule has 6 nitrogen and oxygen atoms in total. The lowest BCUT2D eigenvalue weighted by Gasteiger charge is -2.32. The van der Waals surface area contributed by atoms with Gasteiger partial charge in [0, 0.05) is 62.7 Å². The molecule has 2 heterocycles. The molecule has 0 radical (unpaired) electrons. The Hall–Kier alpha value is -3.42. The third-order valence-corrected chi connectivity index (χ3v) is 7.78. The van der Waals surface area contributed by atoms with E-state index in [1.165, 1.54) is 29.8 Å². The van der Waals surface area contributed by atoms with Gasteiger partial charge in [0.2, 0.25) is 0 Å². The highest BCUT2D eigenvalue weighted by Gasteiger charge is 2.26. The largest absolute Gasteiger partial charge is 0.489 e. The van der Waals surface area contributed by atoms with E-state index in [1.807, 2.05) is 6.07 Å². The molecule has 0 aliphatic carbocycles. The van der Waals surface area contributed by atoms with Crippen molar-refractivity contribution in [3.63, 3.8) is 0 Å². The zero-order chi connectivity index (χ0) is 27.2. The van der Waals surface area contributed by atoms with Crippen LogP contribution in [0.25, 0.3) is 0 Å². The molecule has 2 amide bonds. The molecule has 2 saturated heterocycles. The Morgan fingerprint density at radius 2 is 1.54 bits per heavy atom. The highest BCUT2D eigenvalue weighted by molar-refractivity contribution is 6.32. The van der Waals surface area contributed by atoms with Gasteiger partial charge in [-0.2, -0.15) is 0 Å². The minimum Gasteiger partial charge on any atom is -0.489 e. The molecule has 8 heteroatoms. The van der Waals surface area contributed by atoms with Crippen LogP contribution in [-0.4, -0.2) is 59.9 Å². The number of carbonyl (C=O) groups excluding carboxylic acids is 2. The number of nitrogens with one attached hydrogen (secondary N) is 1. The Labute approximate surface area is 233 Å². The number of rotatable bonds is 7. The van der Waals surface area contributed by atoms with Crippen LogP contribution < -0.4 is 10.1 Å². The van der Waals surface area contributed by atoms with Gasteiger partial charge in [-0.25, -0.2) is 4.39 Å². The summed E-state index contributed by atoms with van der Waals surface area (Å²) in [6.07, 6.45) is 3.06. The average Bonchev–Trinajstić information content (AvgIpc) is 2.96. The number of piperidine rings is 2. The number of benzene rings is 3. The summed E-state index contributed by atoms with van der Waals surface area (Å²) in [5.74, 6) is -0.0640. The lowest BCUT2D eigenvalue weighted by atomic mass is 10.0. The fraction of sp³-hybridized carbons (Fsp3) is 0.355. The van der Waals surface area contributed by atoms with Crippen LogP contribution in [0.2, 0.25) is 5.02 Å². The molecule has 0 unspecified atom stereocenters. The Morgan fingerprint density at radius 1 is 0.872 bits per heavy atom. The van der Waals surface area contributed by atoms with Crippen LogP contribution in [0.5, 0.6) is 5.75 Å². The van der Waals surface area contributed by atoms with Crippen LogP contribution in [0.1, 0.15) is 52.0 Å². The summed E-state index contributed by atoms with van der Waals surface area (Å²) in [6.45, 7) is 3.91. The molecule has 0 bridgehead atoms. The standard InChI is InChI=1S/C31H33ClFN3O3/c32-28-20-24(30(37)34-26-12-16-35(17-13-26)21-22-4-2-1-3-5-22)8-11-29(28)39-27-14-18-36(19-15-27)31(38)23-6-9-25(33)10-7-23/h1-11,20,26-27H,12-19,21H2,(H,34,37). The second kappa shape index (κ2) is 12.6. The molecule has 2 fully saturated rings. The van der Waals surface area contributed by atoms with Gasteiger partial charge < -0.3 is 15.0 Å². The SMILES string of the molecule is O=C(NC1CCN(Cc2ccccc2)CC1)c1ccc(OC2CCN(C(=O)c3ccc(F)cc3)CC2)c(Cl)c1. The molecule has 0 aromatic heterocycles. The van der Waals surface area contributed by atoms with Crippen LogP contribution in [0.4, 0.5) is 4.39 Å². The molecule has 3 aromatic carbocycles. The molecule has 0 saturated carbocycles. The fourth-order valence-corrected chi connectivity index (χ4v) is 5.44. The summed E-state index contributed by atoms with van der Waals surface area (Å²) >= 11 is 6.50. The third-order valence-electron chi connectivity index (χ3n) is 7.48. The van der Waals surface area contributed by atoms with Crippen LogP contribution in [0, 0.1) is 5.82 Å². The highest BCUT2D eigenvalue weighted by Crippen LogP contribution is 2.29. The van der Waals surface area contributed by atoms with Crippen LogP contribution in [0.15, 0.2) is 72.8 Å². The van der Waals surface area contributed by atoms with Gasteiger partial charge in [-0.1, -0.05) is 41.9 Å². The van der Waals surface area contributed by atoms with Crippen molar-refractivity contribution in [2.24, 2.45) is 0 Å². The molecule has 0 atom stereocenters. The molecule has 2 aliphatic rings. The monoisotopic (exact) mass is 549 g/mol. The van der Waals surface area contributed by atoms with E-state index in [1.54, 1.807) is 23.1 Å². The van der Waals surface area contributed by atoms with Gasteiger partial charge in [-0.05, 0) is 60.9 Å². The summed E-state index contributed by atoms with van der Waals surface area (Å²) in [5.41, 5.74) is 2.30. The first-order valence-electron chi connectivity index (χ1n) is 13.5. The number of hydrogen-bond acceptors (Lipinski definition) is 4. The Balaban J connectivity index is 1.07. The van der Waals surface area contributed by atoms with E-state index >= 15 is 0 Å². The Kier molecular flexibility index (Phi) is 8.79. The number of nitrogens with zero attached hydrogens (tertiary/aromatic N) is 2. The van der Waals surface area contributed by atoms with Gasteiger partial charge in [-0.15, -0.1) is 0 Å². The van der Waals surface area contributed by atoms with Crippen LogP contribution >= 0.6 is 11.6 Å². The maximum absolute atomic E-state index is 13.2. The minimum atomic E-state index is -0.362. The maximum atomic E-state index is 13.2. The third kappa shape index (κ3) is 7.16. The molecule has 39 heavy (non-hydrogen) atoms. The Morgan fingerprint density at radius 3 is 2.21 bits per heavy atom. The summed E-state index contributed by atoms with van der Waals surface area (Å²) in [4.78, 5) is 29.7. The van der Waals surface area contributed by atoms with Crippen molar-refractivity contribution in [2.45, 2.75) is 44.4 Å². The first-order valence-corrected chi connectivity index (χ1v) is 13.9. The van der Waals surface area contributed by atoms with Crippen molar-refractivity contribution < 1.29 is 18.7 Å². The van der Waals surface area contributed by atoms with E-state index in [0.717, 1.165) is 32.5 Å². The van der Waals surface area contributed by atoms with Gasteiger partial charge >= 0.3 is 0 Å². The van der Waals surface area contributed by atoms with Crippen molar-refractivity contribution in [3.05, 3.63) is 100 Å². The Bertz CT molecular complexity index is 1270. The molecule has 1 N–H and O–H groups in total. The van der Waals surface area contributed by atoms with Crippen molar-refractivity contribution in [1.29, 1.82) is 0 Å². The average molecular weight is 550 g/mol. The van der Waals surface area contributed by atoms with E-state index in [-0.39, 0.29) is 29.8 Å². The van der Waals surface area contributed by atoms with E-state index in [0.29, 0.717) is 47.8 Å². The molecule has 0 spiro atoms. The minimum absolute atomic E-state index is 0.0829. The lowest BCUT2D eigenvalue weighted by molar-refractivity contribution is 0.0595. The summed E-state index contributed by atoms with van der Waals surface area (Å²) in [5, 5.41) is 3.55. The molecule has 2 aliphatic heterocycles. The number of halogens is 2. The van der Waals surface area contributed by atoms with Crippen molar-refractivity contribution in [1.82, 2.24) is 15.1 Å². The van der Waals surface area contributed by atoms with E-state index in [9.17, 15) is 14.0 Å². The number of amides is 2. The molecule has 204 valence electrons.